The molecule has 3 aromatic carbocycles. The summed E-state index contributed by atoms with van der Waals surface area (Å²) in [5.74, 6) is -1.78. The average Bonchev–Trinajstić information content (AvgIpc) is 0.942. The highest BCUT2D eigenvalue weighted by Crippen LogP contribution is 2.72. The molecule has 4 aliphatic carbocycles. The Bertz CT molecular complexity index is 3590. The fraction of sp³-hybridized carbons (Fsp3) is 0.444. The molecule has 4 heterocycles. The number of hydrogen-bond donors (Lipinski definition) is 8. The van der Waals surface area contributed by atoms with Crippen molar-refractivity contribution in [2.24, 2.45) is 27.9 Å². The predicted molar refractivity (Wildman–Crippen MR) is 326 cm³/mol. The smallest absolute Gasteiger partial charge is 0.409 e. The maximum absolute atomic E-state index is 13.7. The lowest BCUT2D eigenvalue weighted by Gasteiger charge is -2.69. The Morgan fingerprint density at radius 1 is 0.894 bits per heavy atom. The third-order valence-corrected chi connectivity index (χ3v) is 18.1. The summed E-state index contributed by atoms with van der Waals surface area (Å²) in [6.07, 6.45) is 9.91. The number of aliphatic hydroxyl groups excluding tert-OH is 1. The van der Waals surface area contributed by atoms with E-state index in [4.69, 9.17) is 25.3 Å². The standard InChI is InChI=1S/C63H76N12O9S/c1-37(2)51(65-6)55(78)71-49(12-10-22-67-57(64)81)54(77)69-42-18-14-39(15-19-42)29-83-59(82)74(7)23-24-84-63-33-60(4)30-61(5,34-63)32-62(31-60,35-63)36-75-38(3)45(28-68-75)43-20-21-47(70-52(43)56(79)80)40-16-17-41-26-66-27-46(44(41)25-40)53(76)73-58-72-48-11-8-9-13-50(48)85-58/h8-9,11,13-21,25-28,37,49,51,54,65,69,77H,10,12,22-24,29-36H2,1-7H3,(H,71,78)(H,79,80)(H3,64,67,81)(H,72,73,76)/t49-,51-,54?,60?,61?,62?,63?/m0/s1. The van der Waals surface area contributed by atoms with Gasteiger partial charge >= 0.3 is 18.1 Å². The van der Waals surface area contributed by atoms with Gasteiger partial charge in [-0.05, 0) is 141 Å². The number of nitrogens with one attached hydrogen (secondary N) is 5. The van der Waals surface area contributed by atoms with Gasteiger partial charge in [0.15, 0.2) is 10.8 Å². The van der Waals surface area contributed by atoms with Crippen molar-refractivity contribution in [2.45, 2.75) is 123 Å². The minimum absolute atomic E-state index is 0.0105. The zero-order valence-electron chi connectivity index (χ0n) is 49.2. The molecule has 4 aliphatic rings. The number of nitrogens with two attached hydrogens (primary N) is 1. The number of thiazole rings is 1. The zero-order chi connectivity index (χ0) is 60.4. The largest absolute Gasteiger partial charge is 0.476 e. The Labute approximate surface area is 497 Å². The van der Waals surface area contributed by atoms with Gasteiger partial charge in [0, 0.05) is 72.5 Å². The number of urea groups is 1. The van der Waals surface area contributed by atoms with E-state index in [1.54, 1.807) is 62.9 Å². The molecule has 0 spiro atoms. The van der Waals surface area contributed by atoms with Crippen LogP contribution in [0.4, 0.5) is 20.4 Å². The number of amides is 5. The van der Waals surface area contributed by atoms with E-state index in [2.05, 4.69) is 50.4 Å². The van der Waals surface area contributed by atoms with Crippen LogP contribution in [0.5, 0.6) is 0 Å². The van der Waals surface area contributed by atoms with Crippen LogP contribution >= 0.6 is 11.3 Å². The van der Waals surface area contributed by atoms with E-state index in [0.29, 0.717) is 76.7 Å². The topological polar surface area (TPSA) is 290 Å². The number of primary amides is 1. The first-order valence-corrected chi connectivity index (χ1v) is 29.7. The number of pyridine rings is 2. The quantitative estimate of drug-likeness (QED) is 0.0207. The molecule has 9 N–H and O–H groups in total. The van der Waals surface area contributed by atoms with Crippen LogP contribution in [0, 0.1) is 29.1 Å². The van der Waals surface area contributed by atoms with Gasteiger partial charge in [0.1, 0.15) is 12.8 Å². The number of fused-ring (bicyclic) bond motifs is 2. The van der Waals surface area contributed by atoms with Crippen LogP contribution in [0.3, 0.4) is 0 Å². The number of para-hydroxylation sites is 1. The van der Waals surface area contributed by atoms with E-state index in [0.717, 1.165) is 65.4 Å². The number of rotatable bonds is 24. The van der Waals surface area contributed by atoms with E-state index in [1.807, 2.05) is 67.9 Å². The first-order chi connectivity index (χ1) is 40.5. The average molecular weight is 1180 g/mol. The van der Waals surface area contributed by atoms with Crippen molar-refractivity contribution in [1.29, 1.82) is 0 Å². The second-order valence-electron chi connectivity index (χ2n) is 24.8. The third-order valence-electron chi connectivity index (χ3n) is 17.2. The van der Waals surface area contributed by atoms with E-state index in [1.165, 1.54) is 22.4 Å². The molecule has 21 nitrogen and oxygen atoms in total. The molecule has 0 aliphatic heterocycles. The summed E-state index contributed by atoms with van der Waals surface area (Å²) in [5.41, 5.74) is 10.2. The van der Waals surface area contributed by atoms with E-state index in [9.17, 15) is 34.2 Å². The van der Waals surface area contributed by atoms with Crippen LogP contribution in [0.25, 0.3) is 43.4 Å². The van der Waals surface area contributed by atoms with Crippen molar-refractivity contribution in [3.05, 3.63) is 120 Å². The van der Waals surface area contributed by atoms with Crippen molar-refractivity contribution in [3.63, 3.8) is 0 Å². The van der Waals surface area contributed by atoms with Crippen molar-refractivity contribution < 1.29 is 43.7 Å². The molecule has 4 aromatic heterocycles. The van der Waals surface area contributed by atoms with Crippen LogP contribution in [0.1, 0.15) is 111 Å². The summed E-state index contributed by atoms with van der Waals surface area (Å²) in [4.78, 5) is 79.6. The number of nitrogens with zero attached hydrogens (tertiary/aromatic N) is 6. The number of aromatic nitrogens is 5. The van der Waals surface area contributed by atoms with Gasteiger partial charge in [0.2, 0.25) is 5.91 Å². The molecule has 4 fully saturated rings. The van der Waals surface area contributed by atoms with Gasteiger partial charge in [-0.25, -0.2) is 24.4 Å². The van der Waals surface area contributed by atoms with Crippen LogP contribution in [-0.2, 0) is 27.4 Å². The zero-order valence-corrected chi connectivity index (χ0v) is 50.0. The summed E-state index contributed by atoms with van der Waals surface area (Å²) in [6.45, 7) is 12.2. The molecular formula is C63H76N12O9S. The molecule has 7 aromatic rings. The Balaban J connectivity index is 0.759. The highest BCUT2D eigenvalue weighted by atomic mass is 32.1. The minimum Gasteiger partial charge on any atom is -0.476 e. The number of likely N-dealkylation sites (N-methyl/N-ethyl adjacent to an activating group) is 2. The maximum atomic E-state index is 13.7. The Morgan fingerprint density at radius 2 is 1.65 bits per heavy atom. The number of benzene rings is 3. The van der Waals surface area contributed by atoms with Gasteiger partial charge in [0.05, 0.1) is 52.0 Å². The normalized spacial score (nSPS) is 21.6. The molecule has 3 unspecified atom stereocenters. The van der Waals surface area contributed by atoms with Gasteiger partial charge in [-0.1, -0.05) is 75.4 Å². The summed E-state index contributed by atoms with van der Waals surface area (Å²) < 4.78 is 15.7. The monoisotopic (exact) mass is 1180 g/mol. The molecule has 85 heavy (non-hydrogen) atoms. The van der Waals surface area contributed by atoms with Crippen molar-refractivity contribution in [1.82, 2.24) is 45.6 Å². The second-order valence-corrected chi connectivity index (χ2v) is 25.8. The summed E-state index contributed by atoms with van der Waals surface area (Å²) in [5, 5.41) is 43.2. The number of hydrogen-bond acceptors (Lipinski definition) is 15. The van der Waals surface area contributed by atoms with Crippen LogP contribution < -0.4 is 32.3 Å². The fourth-order valence-electron chi connectivity index (χ4n) is 14.5. The third kappa shape index (κ3) is 13.4. The summed E-state index contributed by atoms with van der Waals surface area (Å²) in [7, 11) is 3.41. The molecule has 0 saturated heterocycles. The van der Waals surface area contributed by atoms with Gasteiger partial charge in [0.25, 0.3) is 5.91 Å². The number of carboxylic acids is 1. The second kappa shape index (κ2) is 24.5. The van der Waals surface area contributed by atoms with Gasteiger partial charge in [-0.3, -0.25) is 24.6 Å². The number of carbonyl (C=O) groups excluding carboxylic acids is 4. The number of anilines is 2. The molecule has 5 atom stereocenters. The van der Waals surface area contributed by atoms with Crippen LogP contribution in [0.2, 0.25) is 0 Å². The number of aliphatic hydroxyl groups is 1. The molecule has 4 bridgehead atoms. The number of carbonyl (C=O) groups is 5. The number of carboxylic acid groups (broad SMARTS) is 1. The first-order valence-electron chi connectivity index (χ1n) is 28.9. The molecule has 5 amide bonds. The van der Waals surface area contributed by atoms with Crippen LogP contribution in [-0.4, -0.2) is 127 Å². The maximum Gasteiger partial charge on any atom is 0.409 e. The van der Waals surface area contributed by atoms with Crippen molar-refractivity contribution in [3.8, 4) is 22.4 Å². The number of ether oxygens (including phenoxy) is 2. The minimum atomic E-state index is -1.17. The van der Waals surface area contributed by atoms with Gasteiger partial charge < -0.3 is 51.6 Å². The first kappa shape index (κ1) is 60.1. The van der Waals surface area contributed by atoms with Crippen molar-refractivity contribution >= 4 is 73.1 Å². The van der Waals surface area contributed by atoms with Gasteiger partial charge in [-0.15, -0.1) is 0 Å². The molecule has 448 valence electrons. The highest BCUT2D eigenvalue weighted by molar-refractivity contribution is 7.22. The predicted octanol–water partition coefficient (Wildman–Crippen LogP) is 9.34. The lowest BCUT2D eigenvalue weighted by molar-refractivity contribution is -0.248. The molecular weight excluding hydrogens is 1100 g/mol. The lowest BCUT2D eigenvalue weighted by atomic mass is 9.39. The SMILES string of the molecule is CN[C@H](C(=O)N[C@@H](CCCNC(N)=O)C(O)Nc1ccc(COC(=O)N(C)CCOC23CC4(C)CC(C)(CC(Cn5ncc(-c6ccc(-c7ccc8cncc(C(=O)Nc9nc%10ccccc%10s9)c8c7)nc6C(=O)O)c5C)(C4)C2)C3)cc1)C(C)C. The van der Waals surface area contributed by atoms with E-state index < -0.39 is 42.0 Å². The molecule has 4 saturated carbocycles. The lowest BCUT2D eigenvalue weighted by Crippen LogP contribution is -2.64. The van der Waals surface area contributed by atoms with Crippen molar-refractivity contribution in [2.75, 3.05) is 44.4 Å². The summed E-state index contributed by atoms with van der Waals surface area (Å²) >= 11 is 1.38. The Kier molecular flexibility index (Phi) is 17.3. The molecule has 0 radical (unpaired) electrons. The summed E-state index contributed by atoms with van der Waals surface area (Å²) in [6, 6.07) is 22.1. The molecule has 11 rings (SSSR count). The highest BCUT2D eigenvalue weighted by Gasteiger charge is 2.66. The Morgan fingerprint density at radius 3 is 2.35 bits per heavy atom. The Hall–Kier alpha value is -8.05. The fourth-order valence-corrected chi connectivity index (χ4v) is 15.4. The van der Waals surface area contributed by atoms with E-state index >= 15 is 0 Å². The molecule has 22 heteroatoms. The van der Waals surface area contributed by atoms with E-state index in [-0.39, 0.29) is 52.8 Å². The van der Waals surface area contributed by atoms with Crippen LogP contribution in [0.15, 0.2) is 97.5 Å². The number of aromatic carboxylic acids is 1. The van der Waals surface area contributed by atoms with Gasteiger partial charge in [-0.2, -0.15) is 5.10 Å².